The summed E-state index contributed by atoms with van der Waals surface area (Å²) >= 11 is 6.22. The molecule has 0 saturated heterocycles. The fourth-order valence-electron chi connectivity index (χ4n) is 2.19. The Labute approximate surface area is 171 Å². The van der Waals surface area contributed by atoms with Gasteiger partial charge in [0.15, 0.2) is 0 Å². The molecule has 1 heterocycles. The second kappa shape index (κ2) is 12.0. The molecule has 1 aromatic heterocycles. The van der Waals surface area contributed by atoms with Crippen LogP contribution < -0.4 is 15.8 Å². The SMILES string of the molecule is CC(C)C[C@H](N)C(=O)Nc1ccc(OCc2cccnc2)c(Cl)c1.Cl.Cl. The Morgan fingerprint density at radius 2 is 2.04 bits per heavy atom. The Morgan fingerprint density at radius 1 is 1.31 bits per heavy atom. The van der Waals surface area contributed by atoms with Gasteiger partial charge in [0.25, 0.3) is 0 Å². The molecule has 1 amide bonds. The lowest BCUT2D eigenvalue weighted by atomic mass is 10.0. The Hall–Kier alpha value is -1.53. The molecule has 0 aliphatic rings. The number of carbonyl (C=O) groups excluding carboxylic acids is 1. The van der Waals surface area contributed by atoms with Crippen LogP contribution in [0.1, 0.15) is 25.8 Å². The van der Waals surface area contributed by atoms with E-state index in [1.165, 1.54) is 0 Å². The number of ether oxygens (including phenoxy) is 1. The number of carbonyl (C=O) groups is 1. The van der Waals surface area contributed by atoms with Crippen LogP contribution in [0.5, 0.6) is 5.75 Å². The van der Waals surface area contributed by atoms with Crippen molar-refractivity contribution in [2.45, 2.75) is 32.9 Å². The molecule has 0 spiro atoms. The molecule has 0 aliphatic heterocycles. The summed E-state index contributed by atoms with van der Waals surface area (Å²) in [5.74, 6) is 0.686. The molecule has 0 fully saturated rings. The highest BCUT2D eigenvalue weighted by molar-refractivity contribution is 6.32. The number of nitrogens with one attached hydrogen (secondary N) is 1. The van der Waals surface area contributed by atoms with Crippen LogP contribution in [0.2, 0.25) is 5.02 Å². The standard InChI is InChI=1S/C18H22ClN3O2.2ClH/c1-12(2)8-16(20)18(23)22-14-5-6-17(15(19)9-14)24-11-13-4-3-7-21-10-13;;/h3-7,9-10,12,16H,8,11,20H2,1-2H3,(H,22,23);2*1H/t16-;;/m0../s1. The summed E-state index contributed by atoms with van der Waals surface area (Å²) in [5.41, 5.74) is 7.42. The Bertz CT molecular complexity index is 685. The van der Waals surface area contributed by atoms with Crippen LogP contribution in [0.15, 0.2) is 42.7 Å². The summed E-state index contributed by atoms with van der Waals surface area (Å²) in [6.45, 7) is 4.43. The number of hydrogen-bond acceptors (Lipinski definition) is 4. The van der Waals surface area contributed by atoms with Gasteiger partial charge in [-0.25, -0.2) is 0 Å². The number of nitrogens with two attached hydrogens (primary N) is 1. The zero-order valence-corrected chi connectivity index (χ0v) is 17.0. The van der Waals surface area contributed by atoms with Gasteiger partial charge in [-0.15, -0.1) is 24.8 Å². The van der Waals surface area contributed by atoms with E-state index in [1.54, 1.807) is 30.6 Å². The van der Waals surface area contributed by atoms with E-state index in [-0.39, 0.29) is 30.7 Å². The summed E-state index contributed by atoms with van der Waals surface area (Å²) in [5, 5.41) is 3.20. The predicted octanol–water partition coefficient (Wildman–Crippen LogP) is 4.47. The number of hydrogen-bond donors (Lipinski definition) is 2. The van der Waals surface area contributed by atoms with E-state index < -0.39 is 6.04 Å². The van der Waals surface area contributed by atoms with Gasteiger partial charge < -0.3 is 15.8 Å². The summed E-state index contributed by atoms with van der Waals surface area (Å²) < 4.78 is 5.67. The van der Waals surface area contributed by atoms with E-state index >= 15 is 0 Å². The van der Waals surface area contributed by atoms with Gasteiger partial charge >= 0.3 is 0 Å². The van der Waals surface area contributed by atoms with Gasteiger partial charge in [0.1, 0.15) is 12.4 Å². The monoisotopic (exact) mass is 419 g/mol. The van der Waals surface area contributed by atoms with Gasteiger partial charge in [0.2, 0.25) is 5.91 Å². The quantitative estimate of drug-likeness (QED) is 0.693. The molecule has 5 nitrogen and oxygen atoms in total. The zero-order chi connectivity index (χ0) is 17.5. The molecular weight excluding hydrogens is 397 g/mol. The molecule has 3 N–H and O–H groups in total. The van der Waals surface area contributed by atoms with Gasteiger partial charge in [-0.2, -0.15) is 0 Å². The van der Waals surface area contributed by atoms with Gasteiger partial charge in [-0.05, 0) is 36.6 Å². The van der Waals surface area contributed by atoms with Gasteiger partial charge in [-0.3, -0.25) is 9.78 Å². The van der Waals surface area contributed by atoms with Crippen molar-refractivity contribution in [3.8, 4) is 5.75 Å². The van der Waals surface area contributed by atoms with Gasteiger partial charge in [0.05, 0.1) is 11.1 Å². The lowest BCUT2D eigenvalue weighted by Crippen LogP contribution is -2.36. The van der Waals surface area contributed by atoms with Crippen molar-refractivity contribution in [1.29, 1.82) is 0 Å². The summed E-state index contributed by atoms with van der Waals surface area (Å²) in [6.07, 6.45) is 4.07. The highest BCUT2D eigenvalue weighted by Crippen LogP contribution is 2.28. The Balaban J connectivity index is 0.00000312. The van der Waals surface area contributed by atoms with Crippen LogP contribution in [0, 0.1) is 5.92 Å². The van der Waals surface area contributed by atoms with Crippen molar-refractivity contribution >= 4 is 48.0 Å². The van der Waals surface area contributed by atoms with Crippen molar-refractivity contribution in [2.24, 2.45) is 11.7 Å². The number of benzene rings is 1. The Morgan fingerprint density at radius 3 is 2.62 bits per heavy atom. The van der Waals surface area contributed by atoms with E-state index in [0.29, 0.717) is 35.4 Å². The zero-order valence-electron chi connectivity index (χ0n) is 14.6. The van der Waals surface area contributed by atoms with E-state index in [1.807, 2.05) is 26.0 Å². The van der Waals surface area contributed by atoms with Crippen LogP contribution in [0.25, 0.3) is 0 Å². The Kier molecular flexibility index (Phi) is 11.3. The van der Waals surface area contributed by atoms with Crippen LogP contribution in [-0.2, 0) is 11.4 Å². The molecule has 0 unspecified atom stereocenters. The summed E-state index contributed by atoms with van der Waals surface area (Å²) in [4.78, 5) is 16.1. The number of anilines is 1. The molecular formula is C18H24Cl3N3O2. The van der Waals surface area contributed by atoms with E-state index in [0.717, 1.165) is 5.56 Å². The minimum atomic E-state index is -0.537. The van der Waals surface area contributed by atoms with Crippen molar-refractivity contribution in [1.82, 2.24) is 4.98 Å². The van der Waals surface area contributed by atoms with Crippen LogP contribution in [0.4, 0.5) is 5.69 Å². The maximum atomic E-state index is 12.0. The average molecular weight is 421 g/mol. The topological polar surface area (TPSA) is 77.2 Å². The molecule has 0 saturated carbocycles. The molecule has 144 valence electrons. The minimum Gasteiger partial charge on any atom is -0.487 e. The van der Waals surface area contributed by atoms with Crippen molar-refractivity contribution in [2.75, 3.05) is 5.32 Å². The predicted molar refractivity (Wildman–Crippen MR) is 111 cm³/mol. The minimum absolute atomic E-state index is 0. The third-order valence-electron chi connectivity index (χ3n) is 3.38. The first-order valence-electron chi connectivity index (χ1n) is 7.83. The summed E-state index contributed by atoms with van der Waals surface area (Å²) in [7, 11) is 0. The lowest BCUT2D eigenvalue weighted by molar-refractivity contribution is -0.117. The fraction of sp³-hybridized carbons (Fsp3) is 0.333. The number of rotatable bonds is 7. The van der Waals surface area contributed by atoms with Crippen molar-refractivity contribution < 1.29 is 9.53 Å². The molecule has 2 rings (SSSR count). The van der Waals surface area contributed by atoms with Crippen LogP contribution >= 0.6 is 36.4 Å². The lowest BCUT2D eigenvalue weighted by Gasteiger charge is -2.15. The van der Waals surface area contributed by atoms with Crippen LogP contribution in [-0.4, -0.2) is 16.9 Å². The van der Waals surface area contributed by atoms with E-state index in [2.05, 4.69) is 10.3 Å². The molecule has 26 heavy (non-hydrogen) atoms. The first-order valence-corrected chi connectivity index (χ1v) is 8.21. The molecule has 2 aromatic rings. The average Bonchev–Trinajstić information content (AvgIpc) is 2.54. The maximum Gasteiger partial charge on any atom is 0.241 e. The molecule has 0 bridgehead atoms. The number of amides is 1. The van der Waals surface area contributed by atoms with Gasteiger partial charge in [0, 0.05) is 23.6 Å². The molecule has 1 aromatic carbocycles. The third kappa shape index (κ3) is 7.79. The highest BCUT2D eigenvalue weighted by Gasteiger charge is 2.15. The van der Waals surface area contributed by atoms with Crippen molar-refractivity contribution in [3.05, 3.63) is 53.3 Å². The molecule has 0 radical (unpaired) electrons. The van der Waals surface area contributed by atoms with Gasteiger partial charge in [-0.1, -0.05) is 31.5 Å². The second-order valence-electron chi connectivity index (χ2n) is 6.02. The molecule has 0 aliphatic carbocycles. The van der Waals surface area contributed by atoms with Crippen molar-refractivity contribution in [3.63, 3.8) is 0 Å². The van der Waals surface area contributed by atoms with Crippen LogP contribution in [0.3, 0.4) is 0 Å². The summed E-state index contributed by atoms with van der Waals surface area (Å²) in [6, 6.07) is 8.35. The fourth-order valence-corrected chi connectivity index (χ4v) is 2.43. The second-order valence-corrected chi connectivity index (χ2v) is 6.43. The number of aromatic nitrogens is 1. The molecule has 8 heteroatoms. The van der Waals surface area contributed by atoms with E-state index in [9.17, 15) is 4.79 Å². The number of pyridine rings is 1. The van der Waals surface area contributed by atoms with E-state index in [4.69, 9.17) is 22.1 Å². The first-order chi connectivity index (χ1) is 11.5. The molecule has 1 atom stereocenters. The maximum absolute atomic E-state index is 12.0. The largest absolute Gasteiger partial charge is 0.487 e. The first kappa shape index (κ1) is 24.5. The normalized spacial score (nSPS) is 11.1. The number of halogens is 3. The smallest absolute Gasteiger partial charge is 0.241 e. The highest BCUT2D eigenvalue weighted by atomic mass is 35.5. The number of nitrogens with zero attached hydrogens (tertiary/aromatic N) is 1. The third-order valence-corrected chi connectivity index (χ3v) is 3.67.